The molecule has 1 fully saturated rings. The van der Waals surface area contributed by atoms with Crippen LogP contribution in [0.3, 0.4) is 0 Å². The van der Waals surface area contributed by atoms with Crippen molar-refractivity contribution in [1.82, 2.24) is 5.32 Å². The molecule has 108 valence electrons. The third-order valence-electron chi connectivity index (χ3n) is 3.37. The van der Waals surface area contributed by atoms with Gasteiger partial charge in [-0.3, -0.25) is 0 Å². The molecule has 1 aromatic rings. The first-order chi connectivity index (χ1) is 9.13. The van der Waals surface area contributed by atoms with Crippen LogP contribution in [0.25, 0.3) is 0 Å². The van der Waals surface area contributed by atoms with Crippen LogP contribution in [0.1, 0.15) is 29.5 Å². The summed E-state index contributed by atoms with van der Waals surface area (Å²) in [4.78, 5) is 2.76. The van der Waals surface area contributed by atoms with E-state index in [2.05, 4.69) is 31.3 Å². The van der Waals surface area contributed by atoms with Gasteiger partial charge in [-0.05, 0) is 51.2 Å². The third-order valence-corrected chi connectivity index (χ3v) is 4.39. The van der Waals surface area contributed by atoms with E-state index in [4.69, 9.17) is 4.74 Å². The molecule has 19 heavy (non-hydrogen) atoms. The van der Waals surface area contributed by atoms with Crippen molar-refractivity contribution in [3.05, 3.63) is 21.9 Å². The summed E-state index contributed by atoms with van der Waals surface area (Å²) in [6.45, 7) is 6.17. The van der Waals surface area contributed by atoms with Crippen LogP contribution in [0.4, 0.5) is 0 Å². The SMILES string of the molecule is Cc1ccc(CC(C)NCC(O)COCC2CC2)s1. The summed E-state index contributed by atoms with van der Waals surface area (Å²) < 4.78 is 5.49. The Morgan fingerprint density at radius 1 is 1.47 bits per heavy atom. The smallest absolute Gasteiger partial charge is 0.0897 e. The summed E-state index contributed by atoms with van der Waals surface area (Å²) in [7, 11) is 0. The number of rotatable bonds is 9. The maximum absolute atomic E-state index is 9.82. The summed E-state index contributed by atoms with van der Waals surface area (Å²) >= 11 is 1.85. The number of aliphatic hydroxyl groups excluding tert-OH is 1. The molecular formula is C15H25NO2S. The van der Waals surface area contributed by atoms with Crippen LogP contribution >= 0.6 is 11.3 Å². The minimum Gasteiger partial charge on any atom is -0.389 e. The fraction of sp³-hybridized carbons (Fsp3) is 0.733. The fourth-order valence-corrected chi connectivity index (χ4v) is 3.04. The van der Waals surface area contributed by atoms with Crippen molar-refractivity contribution in [2.75, 3.05) is 19.8 Å². The summed E-state index contributed by atoms with van der Waals surface area (Å²) in [5.74, 6) is 0.765. The molecule has 0 radical (unpaired) electrons. The number of ether oxygens (including phenoxy) is 1. The fourth-order valence-electron chi connectivity index (χ4n) is 2.02. The average Bonchev–Trinajstić information content (AvgIpc) is 3.10. The van der Waals surface area contributed by atoms with E-state index in [1.807, 2.05) is 11.3 Å². The van der Waals surface area contributed by atoms with Gasteiger partial charge in [-0.1, -0.05) is 0 Å². The van der Waals surface area contributed by atoms with Gasteiger partial charge in [-0.15, -0.1) is 11.3 Å². The van der Waals surface area contributed by atoms with Crippen LogP contribution in [0.5, 0.6) is 0 Å². The van der Waals surface area contributed by atoms with Gasteiger partial charge in [-0.25, -0.2) is 0 Å². The highest BCUT2D eigenvalue weighted by atomic mass is 32.1. The largest absolute Gasteiger partial charge is 0.389 e. The summed E-state index contributed by atoms with van der Waals surface area (Å²) in [5.41, 5.74) is 0. The number of thiophene rings is 1. The highest BCUT2D eigenvalue weighted by Gasteiger charge is 2.21. The van der Waals surface area contributed by atoms with Crippen LogP contribution in [0.2, 0.25) is 0 Å². The van der Waals surface area contributed by atoms with E-state index in [1.54, 1.807) is 0 Å². The standard InChI is InChI=1S/C15H25NO2S/c1-11(7-15-6-3-12(2)19-15)16-8-14(17)10-18-9-13-4-5-13/h3,6,11,13-14,16-17H,4-5,7-10H2,1-2H3. The Balaban J connectivity index is 1.55. The monoisotopic (exact) mass is 283 g/mol. The van der Waals surface area contributed by atoms with E-state index in [1.165, 1.54) is 22.6 Å². The van der Waals surface area contributed by atoms with Crippen molar-refractivity contribution in [1.29, 1.82) is 0 Å². The lowest BCUT2D eigenvalue weighted by Crippen LogP contribution is -2.37. The van der Waals surface area contributed by atoms with E-state index < -0.39 is 6.10 Å². The molecule has 2 rings (SSSR count). The Morgan fingerprint density at radius 2 is 2.26 bits per heavy atom. The van der Waals surface area contributed by atoms with Gasteiger partial charge in [0.2, 0.25) is 0 Å². The second-order valence-electron chi connectivity index (χ2n) is 5.66. The van der Waals surface area contributed by atoms with Crippen molar-refractivity contribution in [3.8, 4) is 0 Å². The van der Waals surface area contributed by atoms with Gasteiger partial charge < -0.3 is 15.2 Å². The van der Waals surface area contributed by atoms with Gasteiger partial charge in [0.25, 0.3) is 0 Å². The van der Waals surface area contributed by atoms with E-state index in [9.17, 15) is 5.11 Å². The molecule has 2 atom stereocenters. The van der Waals surface area contributed by atoms with Crippen LogP contribution in [-0.4, -0.2) is 37.0 Å². The quantitative estimate of drug-likeness (QED) is 0.731. The highest BCUT2D eigenvalue weighted by molar-refractivity contribution is 7.11. The number of aliphatic hydroxyl groups is 1. The first-order valence-electron chi connectivity index (χ1n) is 7.18. The van der Waals surface area contributed by atoms with Gasteiger partial charge in [0.05, 0.1) is 12.7 Å². The molecule has 1 saturated carbocycles. The molecule has 2 unspecified atom stereocenters. The second kappa shape index (κ2) is 7.39. The molecule has 0 spiro atoms. The molecule has 4 heteroatoms. The van der Waals surface area contributed by atoms with Crippen molar-refractivity contribution < 1.29 is 9.84 Å². The number of hydrogen-bond donors (Lipinski definition) is 2. The molecule has 0 amide bonds. The lowest BCUT2D eigenvalue weighted by Gasteiger charge is -2.16. The van der Waals surface area contributed by atoms with Crippen molar-refractivity contribution in [2.45, 2.75) is 45.3 Å². The minimum atomic E-state index is -0.397. The number of aryl methyl sites for hydroxylation is 1. The maximum atomic E-state index is 9.82. The van der Waals surface area contributed by atoms with Gasteiger partial charge in [0.1, 0.15) is 0 Å². The van der Waals surface area contributed by atoms with E-state index in [-0.39, 0.29) is 0 Å². The minimum absolute atomic E-state index is 0.385. The van der Waals surface area contributed by atoms with Crippen LogP contribution in [0, 0.1) is 12.8 Å². The first-order valence-corrected chi connectivity index (χ1v) is 7.99. The lowest BCUT2D eigenvalue weighted by molar-refractivity contribution is 0.0315. The van der Waals surface area contributed by atoms with E-state index >= 15 is 0 Å². The van der Waals surface area contributed by atoms with Crippen molar-refractivity contribution in [3.63, 3.8) is 0 Å². The average molecular weight is 283 g/mol. The normalized spacial score (nSPS) is 18.5. The Hall–Kier alpha value is -0.420. The third kappa shape index (κ3) is 6.04. The van der Waals surface area contributed by atoms with Crippen LogP contribution < -0.4 is 5.32 Å². The van der Waals surface area contributed by atoms with Crippen LogP contribution in [0.15, 0.2) is 12.1 Å². The molecule has 0 aliphatic heterocycles. The highest BCUT2D eigenvalue weighted by Crippen LogP contribution is 2.28. The molecule has 0 aromatic carbocycles. The topological polar surface area (TPSA) is 41.5 Å². The molecule has 0 bridgehead atoms. The molecular weight excluding hydrogens is 258 g/mol. The number of nitrogens with one attached hydrogen (secondary N) is 1. The summed E-state index contributed by atoms with van der Waals surface area (Å²) in [6, 6.07) is 4.73. The Kier molecular flexibility index (Phi) is 5.82. The molecule has 1 aromatic heterocycles. The van der Waals surface area contributed by atoms with E-state index in [0.717, 1.165) is 18.9 Å². The predicted molar refractivity (Wildman–Crippen MR) is 79.8 cm³/mol. The molecule has 2 N–H and O–H groups in total. The zero-order valence-electron chi connectivity index (χ0n) is 11.9. The van der Waals surface area contributed by atoms with Gasteiger partial charge in [0.15, 0.2) is 0 Å². The van der Waals surface area contributed by atoms with Crippen molar-refractivity contribution in [2.24, 2.45) is 5.92 Å². The Morgan fingerprint density at radius 3 is 2.89 bits per heavy atom. The molecule has 1 heterocycles. The number of hydrogen-bond acceptors (Lipinski definition) is 4. The Bertz CT molecular complexity index is 376. The predicted octanol–water partition coefficient (Wildman–Crippen LogP) is 2.36. The lowest BCUT2D eigenvalue weighted by atomic mass is 10.2. The molecule has 0 saturated heterocycles. The van der Waals surface area contributed by atoms with Gasteiger partial charge in [0, 0.05) is 28.9 Å². The summed E-state index contributed by atoms with van der Waals surface area (Å²) in [5, 5.41) is 13.2. The zero-order valence-corrected chi connectivity index (χ0v) is 12.7. The Labute approximate surface area is 120 Å². The maximum Gasteiger partial charge on any atom is 0.0897 e. The zero-order chi connectivity index (χ0) is 13.7. The summed E-state index contributed by atoms with van der Waals surface area (Å²) in [6.07, 6.45) is 3.22. The second-order valence-corrected chi connectivity index (χ2v) is 7.03. The van der Waals surface area contributed by atoms with Gasteiger partial charge in [-0.2, -0.15) is 0 Å². The van der Waals surface area contributed by atoms with Crippen LogP contribution in [-0.2, 0) is 11.2 Å². The molecule has 3 nitrogen and oxygen atoms in total. The molecule has 1 aliphatic carbocycles. The van der Waals surface area contributed by atoms with E-state index in [0.29, 0.717) is 19.2 Å². The van der Waals surface area contributed by atoms with Gasteiger partial charge >= 0.3 is 0 Å². The molecule has 1 aliphatic rings. The van der Waals surface area contributed by atoms with Crippen molar-refractivity contribution >= 4 is 11.3 Å². The first kappa shape index (κ1) is 15.0.